The molecule has 3 fully saturated rings. The molecule has 3 aromatic rings. The molecule has 49 heavy (non-hydrogen) atoms. The first-order valence-electron chi connectivity index (χ1n) is 17.4. The summed E-state index contributed by atoms with van der Waals surface area (Å²) < 4.78 is 47.9. The van der Waals surface area contributed by atoms with Crippen LogP contribution >= 0.6 is 0 Å². The Morgan fingerprint density at radius 3 is 2.10 bits per heavy atom. The number of ether oxygens (including phenoxy) is 1. The normalized spacial score (nSPS) is 22.2. The molecule has 0 spiro atoms. The molecule has 0 bridgehead atoms. The van der Waals surface area contributed by atoms with Gasteiger partial charge >= 0.3 is 0 Å². The van der Waals surface area contributed by atoms with Gasteiger partial charge in [-0.15, -0.1) is 0 Å². The van der Waals surface area contributed by atoms with Gasteiger partial charge in [0, 0.05) is 63.4 Å². The minimum absolute atomic E-state index is 0.0147. The lowest BCUT2D eigenvalue weighted by atomic mass is 9.82. The molecule has 4 heterocycles. The molecule has 0 N–H and O–H groups in total. The minimum atomic E-state index is -3.62. The van der Waals surface area contributed by atoms with Crippen molar-refractivity contribution in [3.8, 4) is 5.75 Å². The number of piperazine rings is 1. The second-order valence-electron chi connectivity index (χ2n) is 14.2. The molecule has 0 radical (unpaired) electrons. The van der Waals surface area contributed by atoms with Crippen LogP contribution in [-0.2, 0) is 10.0 Å². The number of hydrogen-bond donors (Lipinski definition) is 0. The fraction of sp³-hybridized carbons (Fsp3) is 0.541. The summed E-state index contributed by atoms with van der Waals surface area (Å²) in [6.07, 6.45) is 4.72. The summed E-state index contributed by atoms with van der Waals surface area (Å²) in [7, 11) is -2.06. The zero-order valence-corrected chi connectivity index (χ0v) is 30.1. The van der Waals surface area contributed by atoms with Gasteiger partial charge in [-0.25, -0.2) is 22.8 Å². The third-order valence-electron chi connectivity index (χ3n) is 11.2. The van der Waals surface area contributed by atoms with E-state index in [0.29, 0.717) is 37.5 Å². The first-order valence-corrected chi connectivity index (χ1v) is 18.8. The maximum Gasteiger partial charge on any atom is 0.257 e. The highest BCUT2D eigenvalue weighted by Crippen LogP contribution is 2.40. The molecule has 3 aliphatic heterocycles. The second kappa shape index (κ2) is 14.4. The number of sulfonamides is 1. The van der Waals surface area contributed by atoms with E-state index in [1.54, 1.807) is 35.7 Å². The van der Waals surface area contributed by atoms with E-state index < -0.39 is 10.0 Å². The molecule has 0 aliphatic carbocycles. The topological polar surface area (TPSA) is 99.2 Å². The Morgan fingerprint density at radius 1 is 0.918 bits per heavy atom. The first-order chi connectivity index (χ1) is 23.4. The Kier molecular flexibility index (Phi) is 10.4. The van der Waals surface area contributed by atoms with Crippen molar-refractivity contribution in [3.63, 3.8) is 0 Å². The fourth-order valence-corrected chi connectivity index (χ4v) is 9.64. The van der Waals surface area contributed by atoms with Crippen molar-refractivity contribution in [1.29, 1.82) is 0 Å². The molecule has 1 aromatic heterocycles. The number of rotatable bonds is 8. The standard InChI is InChI=1S/C37H49FN6O4S/c1-26-24-42(37(4)16-20-41(21-17-37)36(45)34-27(2)39-25-40-28(34)3)22-23-44(26)35(29-6-8-31(38)9-7-29)30-14-18-43(19-15-30)49(46,47)33-12-10-32(48-5)11-13-33/h6-13,25-26,30,35H,14-24H2,1-5H3/t26-,35+/m0/s1. The Labute approximate surface area is 290 Å². The number of halogens is 1. The van der Waals surface area contributed by atoms with Crippen LogP contribution in [0.5, 0.6) is 5.75 Å². The van der Waals surface area contributed by atoms with Gasteiger partial charge in [0.25, 0.3) is 5.91 Å². The third kappa shape index (κ3) is 7.24. The van der Waals surface area contributed by atoms with Crippen LogP contribution in [0.15, 0.2) is 59.8 Å². The lowest BCUT2D eigenvalue weighted by molar-refractivity contribution is -0.0421. The van der Waals surface area contributed by atoms with Crippen molar-refractivity contribution in [2.75, 3.05) is 52.9 Å². The summed E-state index contributed by atoms with van der Waals surface area (Å²) in [6.45, 7) is 13.2. The summed E-state index contributed by atoms with van der Waals surface area (Å²) in [4.78, 5) is 29.3. The molecule has 6 rings (SSSR count). The lowest BCUT2D eigenvalue weighted by Crippen LogP contribution is -2.63. The number of carbonyl (C=O) groups is 1. The van der Waals surface area contributed by atoms with E-state index in [1.807, 2.05) is 30.9 Å². The Hall–Kier alpha value is -3.45. The Balaban J connectivity index is 1.12. The lowest BCUT2D eigenvalue weighted by Gasteiger charge is -2.54. The number of nitrogens with zero attached hydrogens (tertiary/aromatic N) is 6. The minimum Gasteiger partial charge on any atom is -0.497 e. The molecule has 2 aromatic carbocycles. The van der Waals surface area contributed by atoms with Crippen molar-refractivity contribution in [3.05, 3.63) is 83.2 Å². The molecule has 2 atom stereocenters. The molecule has 10 nitrogen and oxygen atoms in total. The molecule has 0 saturated carbocycles. The SMILES string of the molecule is COc1ccc(S(=O)(=O)N2CCC([C@@H](c3ccc(F)cc3)N3CCN(C4(C)CCN(C(=O)c5c(C)ncnc5C)CC4)C[C@@H]3C)CC2)cc1. The van der Waals surface area contributed by atoms with Gasteiger partial charge in [-0.2, -0.15) is 4.31 Å². The average Bonchev–Trinajstić information content (AvgIpc) is 3.10. The quantitative estimate of drug-likeness (QED) is 0.323. The number of hydrogen-bond acceptors (Lipinski definition) is 8. The van der Waals surface area contributed by atoms with Crippen molar-refractivity contribution < 1.29 is 22.3 Å². The summed E-state index contributed by atoms with van der Waals surface area (Å²) in [5.74, 6) is 0.595. The predicted octanol–water partition coefficient (Wildman–Crippen LogP) is 5.08. The molecular formula is C37H49FN6O4S. The Bertz CT molecular complexity index is 1700. The van der Waals surface area contributed by atoms with Crippen LogP contribution in [0.4, 0.5) is 4.39 Å². The number of piperidine rings is 2. The van der Waals surface area contributed by atoms with E-state index in [1.165, 1.54) is 18.5 Å². The summed E-state index contributed by atoms with van der Waals surface area (Å²) >= 11 is 0. The number of aryl methyl sites for hydroxylation is 2. The van der Waals surface area contributed by atoms with Gasteiger partial charge in [0.15, 0.2) is 0 Å². The zero-order valence-electron chi connectivity index (χ0n) is 29.3. The molecule has 3 aliphatic rings. The second-order valence-corrected chi connectivity index (χ2v) is 16.1. The van der Waals surface area contributed by atoms with E-state index in [-0.39, 0.29) is 40.2 Å². The molecule has 264 valence electrons. The number of likely N-dealkylation sites (tertiary alicyclic amines) is 1. The molecule has 3 saturated heterocycles. The number of methoxy groups -OCH3 is 1. The number of benzene rings is 2. The van der Waals surface area contributed by atoms with Crippen molar-refractivity contribution in [1.82, 2.24) is 29.0 Å². The van der Waals surface area contributed by atoms with Crippen LogP contribution < -0.4 is 4.74 Å². The number of aromatic nitrogens is 2. The highest BCUT2D eigenvalue weighted by Gasteiger charge is 2.43. The fourth-order valence-electron chi connectivity index (χ4n) is 8.17. The van der Waals surface area contributed by atoms with E-state index in [0.717, 1.165) is 62.3 Å². The van der Waals surface area contributed by atoms with Gasteiger partial charge in [-0.1, -0.05) is 12.1 Å². The van der Waals surface area contributed by atoms with Gasteiger partial charge in [0.1, 0.15) is 17.9 Å². The van der Waals surface area contributed by atoms with E-state index in [9.17, 15) is 17.6 Å². The Morgan fingerprint density at radius 2 is 1.53 bits per heavy atom. The van der Waals surface area contributed by atoms with Crippen molar-refractivity contribution in [2.45, 2.75) is 75.9 Å². The summed E-state index contributed by atoms with van der Waals surface area (Å²) in [5.41, 5.74) is 3.10. The summed E-state index contributed by atoms with van der Waals surface area (Å²) in [6, 6.07) is 13.7. The van der Waals surface area contributed by atoms with Gasteiger partial charge in [0.05, 0.1) is 29.0 Å². The summed E-state index contributed by atoms with van der Waals surface area (Å²) in [5, 5.41) is 0. The van der Waals surface area contributed by atoms with Crippen molar-refractivity contribution >= 4 is 15.9 Å². The van der Waals surface area contributed by atoms with Gasteiger partial charge in [-0.05, 0) is 101 Å². The molecular weight excluding hydrogens is 644 g/mol. The van der Waals surface area contributed by atoms with Crippen LogP contribution in [0.2, 0.25) is 0 Å². The van der Waals surface area contributed by atoms with Crippen LogP contribution in [0, 0.1) is 25.6 Å². The average molecular weight is 693 g/mol. The van der Waals surface area contributed by atoms with Crippen molar-refractivity contribution in [2.24, 2.45) is 5.92 Å². The third-order valence-corrected chi connectivity index (χ3v) is 13.1. The van der Waals surface area contributed by atoms with Gasteiger partial charge in [-0.3, -0.25) is 14.6 Å². The largest absolute Gasteiger partial charge is 0.497 e. The first kappa shape index (κ1) is 35.4. The zero-order chi connectivity index (χ0) is 34.9. The smallest absolute Gasteiger partial charge is 0.257 e. The van der Waals surface area contributed by atoms with E-state index in [4.69, 9.17) is 4.74 Å². The maximum absolute atomic E-state index is 14.1. The maximum atomic E-state index is 14.1. The number of amides is 1. The highest BCUT2D eigenvalue weighted by atomic mass is 32.2. The van der Waals surface area contributed by atoms with Crippen LogP contribution in [0.1, 0.15) is 72.9 Å². The molecule has 12 heteroatoms. The van der Waals surface area contributed by atoms with E-state index >= 15 is 0 Å². The van der Waals surface area contributed by atoms with Crippen LogP contribution in [0.3, 0.4) is 0 Å². The highest BCUT2D eigenvalue weighted by molar-refractivity contribution is 7.89. The van der Waals surface area contributed by atoms with Crippen LogP contribution in [0.25, 0.3) is 0 Å². The predicted molar refractivity (Wildman–Crippen MR) is 186 cm³/mol. The van der Waals surface area contributed by atoms with E-state index in [2.05, 4.69) is 33.6 Å². The molecule has 1 amide bonds. The monoisotopic (exact) mass is 692 g/mol. The van der Waals surface area contributed by atoms with Gasteiger partial charge in [0.2, 0.25) is 10.0 Å². The molecule has 0 unspecified atom stereocenters. The van der Waals surface area contributed by atoms with Gasteiger partial charge < -0.3 is 9.64 Å². The van der Waals surface area contributed by atoms with Crippen LogP contribution in [-0.4, -0.2) is 108 Å². The number of carbonyl (C=O) groups excluding carboxylic acids is 1.